The van der Waals surface area contributed by atoms with Crippen LogP contribution in [-0.2, 0) is 0 Å². The van der Waals surface area contributed by atoms with Gasteiger partial charge in [-0.1, -0.05) is 182 Å². The van der Waals surface area contributed by atoms with Crippen LogP contribution in [-0.4, -0.2) is 14.2 Å². The van der Waals surface area contributed by atoms with Gasteiger partial charge in [0.15, 0.2) is 0 Å². The van der Waals surface area contributed by atoms with Crippen LogP contribution < -0.4 is 40.9 Å². The number of nitrogens with one attached hydrogen (secondary N) is 2. The van der Waals surface area contributed by atoms with Gasteiger partial charge in [-0.2, -0.15) is 0 Å². The third kappa shape index (κ3) is 7.81. The van der Waals surface area contributed by atoms with Crippen LogP contribution in [0.5, 0.6) is 11.5 Å². The Morgan fingerprint density at radius 1 is 0.321 bits per heavy atom. The fourth-order valence-electron chi connectivity index (χ4n) is 7.04. The molecule has 6 heteroatoms. The lowest BCUT2D eigenvalue weighted by atomic mass is 9.91. The summed E-state index contributed by atoms with van der Waals surface area (Å²) in [7, 11) is 1.34. The molecule has 0 amide bonds. The van der Waals surface area contributed by atoms with Crippen LogP contribution in [0.1, 0.15) is 0 Å². The first-order valence-corrected chi connectivity index (χ1v) is 21.3. The molecule has 0 saturated carbocycles. The summed E-state index contributed by atoms with van der Waals surface area (Å²) in [5.74, 6) is 1.47. The van der Waals surface area contributed by atoms with Gasteiger partial charge in [0.25, 0.3) is 0 Å². The summed E-state index contributed by atoms with van der Waals surface area (Å²) in [5, 5.41) is 13.2. The van der Waals surface area contributed by atoms with E-state index in [1.54, 1.807) is 14.2 Å². The van der Waals surface area contributed by atoms with Gasteiger partial charge in [-0.15, -0.1) is 0 Å². The van der Waals surface area contributed by atoms with Crippen molar-refractivity contribution >= 4 is 48.7 Å². The molecule has 0 radical (unpaired) electrons. The monoisotopic (exact) mass is 764 g/mol. The highest BCUT2D eigenvalue weighted by Crippen LogP contribution is 2.55. The second kappa shape index (κ2) is 17.5. The standard InChI is InChI=1S/C50H42N2O2P2/c1-53-45-35-33-43(37-21-9-3-10-22-37)49(51-55(39-25-13-5-14-26-39)40-27-15-6-16-28-40)47(45)48-46(54-2)36-34-44(38-23-11-4-12-24-38)50(48)52-56(41-29-17-7-18-30-41)42-31-19-8-20-32-42/h3-36,51-52H,1-2H3. The maximum atomic E-state index is 6.39. The van der Waals surface area contributed by atoms with Gasteiger partial charge in [0.05, 0.1) is 52.9 Å². The van der Waals surface area contributed by atoms with Gasteiger partial charge >= 0.3 is 0 Å². The van der Waals surface area contributed by atoms with E-state index < -0.39 is 16.1 Å². The predicted molar refractivity (Wildman–Crippen MR) is 241 cm³/mol. The van der Waals surface area contributed by atoms with Crippen LogP contribution in [0.15, 0.2) is 206 Å². The van der Waals surface area contributed by atoms with Crippen LogP contribution in [0.25, 0.3) is 33.4 Å². The van der Waals surface area contributed by atoms with E-state index in [1.807, 2.05) is 0 Å². The van der Waals surface area contributed by atoms with E-state index in [9.17, 15) is 0 Å². The molecule has 0 aliphatic carbocycles. The Morgan fingerprint density at radius 3 is 0.857 bits per heavy atom. The molecular weight excluding hydrogens is 723 g/mol. The highest BCUT2D eigenvalue weighted by Gasteiger charge is 2.29. The van der Waals surface area contributed by atoms with Crippen molar-refractivity contribution in [2.75, 3.05) is 24.4 Å². The zero-order valence-corrected chi connectivity index (χ0v) is 33.1. The summed E-state index contributed by atoms with van der Waals surface area (Å²) in [4.78, 5) is 0. The van der Waals surface area contributed by atoms with E-state index in [0.717, 1.165) is 56.3 Å². The second-order valence-electron chi connectivity index (χ2n) is 13.1. The van der Waals surface area contributed by atoms with Crippen molar-refractivity contribution in [3.8, 4) is 44.9 Å². The number of benzene rings is 8. The summed E-state index contributed by atoms with van der Waals surface area (Å²) in [6.45, 7) is 0. The van der Waals surface area contributed by atoms with Gasteiger partial charge in [0.2, 0.25) is 0 Å². The van der Waals surface area contributed by atoms with Crippen molar-refractivity contribution < 1.29 is 9.47 Å². The number of methoxy groups -OCH3 is 2. The Kier molecular flexibility index (Phi) is 11.5. The molecule has 0 unspecified atom stereocenters. The predicted octanol–water partition coefficient (Wildman–Crippen LogP) is 11.6. The highest BCUT2D eigenvalue weighted by atomic mass is 31.1. The Labute approximate surface area is 332 Å². The molecule has 0 heterocycles. The Bertz CT molecular complexity index is 2230. The number of hydrogen-bond acceptors (Lipinski definition) is 4. The fourth-order valence-corrected chi connectivity index (χ4v) is 10.9. The van der Waals surface area contributed by atoms with Crippen molar-refractivity contribution in [1.82, 2.24) is 0 Å². The summed E-state index contributed by atoms with van der Waals surface area (Å²) in [6, 6.07) is 72.6. The molecule has 0 fully saturated rings. The van der Waals surface area contributed by atoms with Crippen LogP contribution in [0.4, 0.5) is 11.4 Å². The SMILES string of the molecule is COc1ccc(-c2ccccc2)c(NP(c2ccccc2)c2ccccc2)c1-c1c(OC)ccc(-c2ccccc2)c1NP(c1ccccc1)c1ccccc1. The average Bonchev–Trinajstić information content (AvgIpc) is 3.28. The van der Waals surface area contributed by atoms with E-state index in [2.05, 4.69) is 216 Å². The van der Waals surface area contributed by atoms with Gasteiger partial charge in [0.1, 0.15) is 11.5 Å². The molecular formula is C50H42N2O2P2. The number of anilines is 2. The molecule has 56 heavy (non-hydrogen) atoms. The zero-order chi connectivity index (χ0) is 38.1. The van der Waals surface area contributed by atoms with Crippen molar-refractivity contribution in [2.24, 2.45) is 0 Å². The largest absolute Gasteiger partial charge is 0.496 e. The van der Waals surface area contributed by atoms with Crippen molar-refractivity contribution in [2.45, 2.75) is 0 Å². The minimum absolute atomic E-state index is 0.735. The number of hydrogen-bond donors (Lipinski definition) is 2. The van der Waals surface area contributed by atoms with Crippen molar-refractivity contribution in [3.63, 3.8) is 0 Å². The smallest absolute Gasteiger partial charge is 0.129 e. The summed E-state index contributed by atoms with van der Waals surface area (Å²) >= 11 is 0. The maximum absolute atomic E-state index is 6.39. The van der Waals surface area contributed by atoms with Gasteiger partial charge in [-0.05, 0) is 35.4 Å². The third-order valence-corrected chi connectivity index (χ3v) is 13.9. The molecule has 0 aliphatic rings. The van der Waals surface area contributed by atoms with Gasteiger partial charge in [-0.25, -0.2) is 0 Å². The first-order valence-electron chi connectivity index (χ1n) is 18.6. The van der Waals surface area contributed by atoms with E-state index in [-0.39, 0.29) is 0 Å². The van der Waals surface area contributed by atoms with Crippen LogP contribution >= 0.6 is 16.1 Å². The van der Waals surface area contributed by atoms with Gasteiger partial charge in [-0.3, -0.25) is 0 Å². The van der Waals surface area contributed by atoms with Gasteiger partial charge in [0, 0.05) is 32.3 Å². The quantitative estimate of drug-likeness (QED) is 0.115. The molecule has 0 aromatic heterocycles. The molecule has 0 saturated heterocycles. The number of rotatable bonds is 13. The molecule has 8 aromatic carbocycles. The summed E-state index contributed by atoms with van der Waals surface area (Å²) in [6.07, 6.45) is 0. The van der Waals surface area contributed by atoms with Crippen LogP contribution in [0.3, 0.4) is 0 Å². The lowest BCUT2D eigenvalue weighted by Crippen LogP contribution is -2.19. The minimum atomic E-state index is -1.08. The highest BCUT2D eigenvalue weighted by molar-refractivity contribution is 7.74. The molecule has 8 rings (SSSR count). The normalized spacial score (nSPS) is 11.0. The fraction of sp³-hybridized carbons (Fsp3) is 0.0400. The molecule has 0 bridgehead atoms. The topological polar surface area (TPSA) is 42.5 Å². The molecule has 0 spiro atoms. The Balaban J connectivity index is 1.46. The molecule has 8 aromatic rings. The third-order valence-electron chi connectivity index (χ3n) is 9.70. The lowest BCUT2D eigenvalue weighted by molar-refractivity contribution is 0.410. The van der Waals surface area contributed by atoms with Crippen molar-refractivity contribution in [1.29, 1.82) is 0 Å². The molecule has 0 aliphatic heterocycles. The molecule has 274 valence electrons. The zero-order valence-electron chi connectivity index (χ0n) is 31.3. The van der Waals surface area contributed by atoms with E-state index in [0.29, 0.717) is 0 Å². The van der Waals surface area contributed by atoms with E-state index >= 15 is 0 Å². The maximum Gasteiger partial charge on any atom is 0.129 e. The van der Waals surface area contributed by atoms with Crippen LogP contribution in [0.2, 0.25) is 0 Å². The van der Waals surface area contributed by atoms with E-state index in [4.69, 9.17) is 9.47 Å². The Hall–Kier alpha value is -6.18. The second-order valence-corrected chi connectivity index (χ2v) is 17.0. The Morgan fingerprint density at radius 2 is 0.589 bits per heavy atom. The lowest BCUT2D eigenvalue weighted by Gasteiger charge is -2.30. The first-order chi connectivity index (χ1) is 27.7. The molecule has 0 atom stereocenters. The van der Waals surface area contributed by atoms with Crippen molar-refractivity contribution in [3.05, 3.63) is 206 Å². The van der Waals surface area contributed by atoms with E-state index in [1.165, 1.54) is 21.2 Å². The number of ether oxygens (including phenoxy) is 2. The average molecular weight is 765 g/mol. The molecule has 2 N–H and O–H groups in total. The minimum Gasteiger partial charge on any atom is -0.496 e. The van der Waals surface area contributed by atoms with Crippen LogP contribution in [0, 0.1) is 0 Å². The first kappa shape index (κ1) is 36.8. The molecule has 4 nitrogen and oxygen atoms in total. The summed E-state index contributed by atoms with van der Waals surface area (Å²) < 4.78 is 12.8. The van der Waals surface area contributed by atoms with Gasteiger partial charge < -0.3 is 19.6 Å². The summed E-state index contributed by atoms with van der Waals surface area (Å²) in [5.41, 5.74) is 8.08.